The third-order valence-electron chi connectivity index (χ3n) is 5.97. The molecule has 2 N–H and O–H groups in total. The zero-order valence-corrected chi connectivity index (χ0v) is 22.2. The fourth-order valence-electron chi connectivity index (χ4n) is 4.07. The highest BCUT2D eigenvalue weighted by Gasteiger charge is 2.23. The Morgan fingerprint density at radius 1 is 0.757 bits per heavy atom. The molecule has 7 heteroatoms. The average Bonchev–Trinajstić information content (AvgIpc) is 2.93. The molecule has 0 bridgehead atoms. The van der Waals surface area contributed by atoms with Crippen molar-refractivity contribution in [1.29, 1.82) is 0 Å². The van der Waals surface area contributed by atoms with Gasteiger partial charge in [-0.3, -0.25) is 10.1 Å². The van der Waals surface area contributed by atoms with Crippen LogP contribution in [0.3, 0.4) is 0 Å². The van der Waals surface area contributed by atoms with Crippen molar-refractivity contribution in [3.63, 3.8) is 0 Å². The molecule has 0 aliphatic carbocycles. The SMILES string of the molecule is CC(=O)SCC(NC(c1ccccc1)c1ccccc1)c1cccc(S(=O)(=O)NCc2ccccc2)c1. The van der Waals surface area contributed by atoms with Crippen LogP contribution < -0.4 is 10.0 Å². The van der Waals surface area contributed by atoms with Gasteiger partial charge in [0.15, 0.2) is 5.12 Å². The Morgan fingerprint density at radius 2 is 1.30 bits per heavy atom. The van der Waals surface area contributed by atoms with E-state index in [4.69, 9.17) is 0 Å². The number of rotatable bonds is 11. The van der Waals surface area contributed by atoms with Gasteiger partial charge in [-0.25, -0.2) is 13.1 Å². The molecule has 37 heavy (non-hydrogen) atoms. The summed E-state index contributed by atoms with van der Waals surface area (Å²) >= 11 is 1.22. The van der Waals surface area contributed by atoms with E-state index in [1.165, 1.54) is 11.8 Å². The number of sulfonamides is 1. The van der Waals surface area contributed by atoms with Crippen LogP contribution in [0, 0.1) is 0 Å². The van der Waals surface area contributed by atoms with E-state index >= 15 is 0 Å². The molecule has 0 aliphatic heterocycles. The van der Waals surface area contributed by atoms with Gasteiger partial charge in [0.2, 0.25) is 10.0 Å². The van der Waals surface area contributed by atoms with E-state index in [-0.39, 0.29) is 28.6 Å². The van der Waals surface area contributed by atoms with Crippen molar-refractivity contribution in [3.8, 4) is 0 Å². The van der Waals surface area contributed by atoms with Gasteiger partial charge < -0.3 is 0 Å². The number of thioether (sulfide) groups is 1. The molecule has 0 amide bonds. The first-order valence-corrected chi connectivity index (χ1v) is 14.5. The predicted octanol–water partition coefficient (Wildman–Crippen LogP) is 5.87. The third-order valence-corrected chi connectivity index (χ3v) is 8.27. The van der Waals surface area contributed by atoms with Crippen LogP contribution in [0.4, 0.5) is 0 Å². The highest BCUT2D eigenvalue weighted by Crippen LogP contribution is 2.29. The van der Waals surface area contributed by atoms with E-state index in [1.54, 1.807) is 25.1 Å². The molecule has 190 valence electrons. The number of hydrogen-bond acceptors (Lipinski definition) is 5. The first-order valence-electron chi connectivity index (χ1n) is 12.1. The minimum atomic E-state index is -3.73. The first kappa shape index (κ1) is 26.8. The molecular formula is C30H30N2O3S2. The highest BCUT2D eigenvalue weighted by molar-refractivity contribution is 8.13. The average molecular weight is 531 g/mol. The zero-order valence-electron chi connectivity index (χ0n) is 20.6. The van der Waals surface area contributed by atoms with Crippen LogP contribution in [0.1, 0.15) is 41.3 Å². The van der Waals surface area contributed by atoms with Crippen molar-refractivity contribution < 1.29 is 13.2 Å². The van der Waals surface area contributed by atoms with Gasteiger partial charge >= 0.3 is 0 Å². The van der Waals surface area contributed by atoms with Crippen molar-refractivity contribution in [3.05, 3.63) is 138 Å². The molecule has 0 radical (unpaired) electrons. The zero-order chi connectivity index (χ0) is 26.1. The van der Waals surface area contributed by atoms with E-state index < -0.39 is 10.0 Å². The molecule has 0 fully saturated rings. The molecule has 0 saturated heterocycles. The second-order valence-corrected chi connectivity index (χ2v) is 11.6. The standard InChI is InChI=1S/C30H30N2O3S2/c1-23(33)36-22-29(32-30(25-14-7-3-8-15-25)26-16-9-4-10-17-26)27-18-11-19-28(20-27)37(34,35)31-21-24-12-5-2-6-13-24/h2-20,29-32H,21-22H2,1H3. The molecule has 1 unspecified atom stereocenters. The van der Waals surface area contributed by atoms with E-state index in [9.17, 15) is 13.2 Å². The Morgan fingerprint density at radius 3 is 1.86 bits per heavy atom. The van der Waals surface area contributed by atoms with Gasteiger partial charge in [-0.2, -0.15) is 0 Å². The first-order chi connectivity index (χ1) is 17.9. The van der Waals surface area contributed by atoms with Crippen LogP contribution >= 0.6 is 11.8 Å². The summed E-state index contributed by atoms with van der Waals surface area (Å²) < 4.78 is 28.9. The molecule has 1 atom stereocenters. The monoisotopic (exact) mass is 530 g/mol. The Bertz CT molecular complexity index is 1360. The smallest absolute Gasteiger partial charge is 0.240 e. The lowest BCUT2D eigenvalue weighted by molar-refractivity contribution is -0.109. The Balaban J connectivity index is 1.63. The van der Waals surface area contributed by atoms with Gasteiger partial charge in [0.1, 0.15) is 0 Å². The van der Waals surface area contributed by atoms with E-state index in [2.05, 4.69) is 34.3 Å². The van der Waals surface area contributed by atoms with Gasteiger partial charge in [-0.1, -0.05) is 115 Å². The summed E-state index contributed by atoms with van der Waals surface area (Å²) in [6, 6.07) is 36.1. The largest absolute Gasteiger partial charge is 0.299 e. The minimum Gasteiger partial charge on any atom is -0.299 e. The molecule has 4 rings (SSSR count). The van der Waals surface area contributed by atoms with Gasteiger partial charge in [-0.05, 0) is 34.4 Å². The van der Waals surface area contributed by atoms with Gasteiger partial charge in [0.05, 0.1) is 10.9 Å². The molecular weight excluding hydrogens is 500 g/mol. The van der Waals surface area contributed by atoms with E-state index in [0.29, 0.717) is 5.75 Å². The van der Waals surface area contributed by atoms with Gasteiger partial charge in [-0.15, -0.1) is 0 Å². The van der Waals surface area contributed by atoms with Crippen LogP contribution in [0.5, 0.6) is 0 Å². The quantitative estimate of drug-likeness (QED) is 0.254. The summed E-state index contributed by atoms with van der Waals surface area (Å²) in [5, 5.41) is 3.72. The second-order valence-electron chi connectivity index (χ2n) is 8.66. The van der Waals surface area contributed by atoms with Crippen molar-refractivity contribution >= 4 is 26.9 Å². The highest BCUT2D eigenvalue weighted by atomic mass is 32.2. The van der Waals surface area contributed by atoms with Crippen LogP contribution in [0.15, 0.2) is 120 Å². The number of hydrogen-bond donors (Lipinski definition) is 2. The van der Waals surface area contributed by atoms with E-state index in [0.717, 1.165) is 22.3 Å². The summed E-state index contributed by atoms with van der Waals surface area (Å²) in [4.78, 5) is 12.1. The van der Waals surface area contributed by atoms with Gasteiger partial charge in [0, 0.05) is 25.3 Å². The lowest BCUT2D eigenvalue weighted by Crippen LogP contribution is -2.30. The van der Waals surface area contributed by atoms with Crippen molar-refractivity contribution in [2.24, 2.45) is 0 Å². The third kappa shape index (κ3) is 7.63. The maximum absolute atomic E-state index is 13.1. The Labute approximate surface area is 223 Å². The molecule has 4 aromatic rings. The van der Waals surface area contributed by atoms with Crippen molar-refractivity contribution in [2.45, 2.75) is 30.4 Å². The molecule has 0 aromatic heterocycles. The van der Waals surface area contributed by atoms with E-state index in [1.807, 2.05) is 72.8 Å². The fraction of sp³-hybridized carbons (Fsp3) is 0.167. The predicted molar refractivity (Wildman–Crippen MR) is 151 cm³/mol. The number of benzene rings is 4. The second kappa shape index (κ2) is 12.8. The summed E-state index contributed by atoms with van der Waals surface area (Å²) in [6.07, 6.45) is 0. The van der Waals surface area contributed by atoms with Crippen molar-refractivity contribution in [1.82, 2.24) is 10.0 Å². The maximum Gasteiger partial charge on any atom is 0.240 e. The number of carbonyl (C=O) groups is 1. The maximum atomic E-state index is 13.1. The van der Waals surface area contributed by atoms with Crippen LogP contribution in [0.2, 0.25) is 0 Å². The lowest BCUT2D eigenvalue weighted by atomic mass is 9.96. The molecule has 5 nitrogen and oxygen atoms in total. The fourth-order valence-corrected chi connectivity index (χ4v) is 5.84. The van der Waals surface area contributed by atoms with Crippen LogP contribution in [0.25, 0.3) is 0 Å². The summed E-state index contributed by atoms with van der Waals surface area (Å²) in [5.41, 5.74) is 3.85. The van der Waals surface area contributed by atoms with Crippen LogP contribution in [-0.2, 0) is 21.4 Å². The Kier molecular flexibility index (Phi) is 9.30. The molecule has 0 aliphatic rings. The number of nitrogens with one attached hydrogen (secondary N) is 2. The molecule has 0 saturated carbocycles. The number of carbonyl (C=O) groups excluding carboxylic acids is 1. The topological polar surface area (TPSA) is 75.3 Å². The minimum absolute atomic E-state index is 0.0103. The van der Waals surface area contributed by atoms with Gasteiger partial charge in [0.25, 0.3) is 0 Å². The van der Waals surface area contributed by atoms with Crippen LogP contribution in [-0.4, -0.2) is 19.3 Å². The summed E-state index contributed by atoms with van der Waals surface area (Å²) in [7, 11) is -3.73. The lowest BCUT2D eigenvalue weighted by Gasteiger charge is -2.27. The Hall–Kier alpha value is -3.23. The normalized spacial score (nSPS) is 12.4. The molecule has 4 aromatic carbocycles. The molecule has 0 heterocycles. The van der Waals surface area contributed by atoms with Crippen molar-refractivity contribution in [2.75, 3.05) is 5.75 Å². The summed E-state index contributed by atoms with van der Waals surface area (Å²) in [6.45, 7) is 1.75. The summed E-state index contributed by atoms with van der Waals surface area (Å²) in [5.74, 6) is 0.465. The molecule has 0 spiro atoms.